The average molecular weight is 308 g/mol. The molecule has 4 nitrogen and oxygen atoms in total. The summed E-state index contributed by atoms with van der Waals surface area (Å²) in [5.41, 5.74) is 2.55. The lowest BCUT2D eigenvalue weighted by Crippen LogP contribution is -2.26. The fourth-order valence-corrected chi connectivity index (χ4v) is 2.59. The van der Waals surface area contributed by atoms with E-state index < -0.39 is 0 Å². The Morgan fingerprint density at radius 2 is 1.96 bits per heavy atom. The second kappa shape index (κ2) is 6.57. The van der Waals surface area contributed by atoms with Crippen LogP contribution < -0.4 is 10.1 Å². The molecule has 1 unspecified atom stereocenters. The van der Waals surface area contributed by atoms with Crippen molar-refractivity contribution in [3.63, 3.8) is 0 Å². The fourth-order valence-electron chi connectivity index (χ4n) is 2.59. The van der Waals surface area contributed by atoms with Crippen LogP contribution in [0.1, 0.15) is 35.9 Å². The third kappa shape index (κ3) is 3.37. The van der Waals surface area contributed by atoms with Crippen LogP contribution in [0.5, 0.6) is 5.75 Å². The molecule has 0 aliphatic heterocycles. The van der Waals surface area contributed by atoms with Crippen LogP contribution in [-0.2, 0) is 0 Å². The lowest BCUT2D eigenvalue weighted by molar-refractivity contribution is 0.0935. The van der Waals surface area contributed by atoms with Gasteiger partial charge >= 0.3 is 0 Å². The van der Waals surface area contributed by atoms with Crippen molar-refractivity contribution in [2.45, 2.75) is 19.9 Å². The molecular weight excluding hydrogens is 288 g/mol. The number of H-pyrrole nitrogens is 1. The summed E-state index contributed by atoms with van der Waals surface area (Å²) in [6.07, 6.45) is 0. The number of benzene rings is 2. The highest BCUT2D eigenvalue weighted by Gasteiger charge is 2.13. The first-order chi connectivity index (χ1) is 11.2. The number of carbonyl (C=O) groups is 1. The zero-order valence-electron chi connectivity index (χ0n) is 13.3. The first-order valence-corrected chi connectivity index (χ1v) is 7.78. The minimum absolute atomic E-state index is 0.0471. The number of nitrogens with one attached hydrogen (secondary N) is 2. The number of ether oxygens (including phenoxy) is 1. The molecular formula is C19H20N2O2. The molecule has 0 saturated heterocycles. The molecule has 118 valence electrons. The smallest absolute Gasteiger partial charge is 0.268 e. The van der Waals surface area contributed by atoms with Gasteiger partial charge in [-0.15, -0.1) is 0 Å². The summed E-state index contributed by atoms with van der Waals surface area (Å²) in [5, 5.41) is 3.98. The second-order valence-corrected chi connectivity index (χ2v) is 5.47. The largest absolute Gasteiger partial charge is 0.494 e. The van der Waals surface area contributed by atoms with Crippen LogP contribution in [0.3, 0.4) is 0 Å². The van der Waals surface area contributed by atoms with E-state index in [2.05, 4.69) is 10.3 Å². The molecule has 1 amide bonds. The molecule has 0 spiro atoms. The molecule has 0 aliphatic carbocycles. The van der Waals surface area contributed by atoms with E-state index >= 15 is 0 Å². The maximum atomic E-state index is 12.4. The highest BCUT2D eigenvalue weighted by atomic mass is 16.5. The molecule has 1 atom stereocenters. The molecule has 3 rings (SSSR count). The molecule has 0 aliphatic rings. The topological polar surface area (TPSA) is 54.1 Å². The molecule has 3 aromatic rings. The first-order valence-electron chi connectivity index (χ1n) is 7.78. The number of hydrogen-bond acceptors (Lipinski definition) is 2. The molecule has 4 heteroatoms. The van der Waals surface area contributed by atoms with E-state index in [1.165, 1.54) is 0 Å². The molecule has 2 N–H and O–H groups in total. The molecule has 23 heavy (non-hydrogen) atoms. The van der Waals surface area contributed by atoms with Crippen molar-refractivity contribution in [2.24, 2.45) is 0 Å². The van der Waals surface area contributed by atoms with E-state index in [0.717, 1.165) is 22.2 Å². The zero-order chi connectivity index (χ0) is 16.2. The monoisotopic (exact) mass is 308 g/mol. The Hall–Kier alpha value is -2.75. The first kappa shape index (κ1) is 15.2. The number of carbonyl (C=O) groups excluding carboxylic acids is 1. The lowest BCUT2D eigenvalue weighted by Gasteiger charge is -2.13. The van der Waals surface area contributed by atoms with E-state index in [-0.39, 0.29) is 11.9 Å². The number of amides is 1. The summed E-state index contributed by atoms with van der Waals surface area (Å²) in [6.45, 7) is 4.55. The van der Waals surface area contributed by atoms with Gasteiger partial charge in [0.2, 0.25) is 0 Å². The van der Waals surface area contributed by atoms with Gasteiger partial charge in [-0.2, -0.15) is 0 Å². The van der Waals surface area contributed by atoms with Crippen LogP contribution in [0.25, 0.3) is 10.9 Å². The predicted octanol–water partition coefficient (Wildman–Crippen LogP) is 4.06. The third-order valence-corrected chi connectivity index (χ3v) is 3.80. The van der Waals surface area contributed by atoms with E-state index in [1.54, 1.807) is 0 Å². The quantitative estimate of drug-likeness (QED) is 0.747. The van der Waals surface area contributed by atoms with Crippen LogP contribution in [-0.4, -0.2) is 17.5 Å². The second-order valence-electron chi connectivity index (χ2n) is 5.47. The summed E-state index contributed by atoms with van der Waals surface area (Å²) in [5.74, 6) is 0.694. The van der Waals surface area contributed by atoms with Gasteiger partial charge in [0.15, 0.2) is 0 Å². The molecule has 0 saturated carbocycles. The van der Waals surface area contributed by atoms with Crippen molar-refractivity contribution < 1.29 is 9.53 Å². The van der Waals surface area contributed by atoms with Gasteiger partial charge in [0.1, 0.15) is 11.4 Å². The molecule has 0 radical (unpaired) electrons. The average Bonchev–Trinajstić information content (AvgIpc) is 2.99. The number of fused-ring (bicyclic) bond motifs is 1. The lowest BCUT2D eigenvalue weighted by atomic mass is 10.1. The Balaban J connectivity index is 1.78. The summed E-state index contributed by atoms with van der Waals surface area (Å²) in [7, 11) is 0. The Bertz CT molecular complexity index is 809. The third-order valence-electron chi connectivity index (χ3n) is 3.80. The Kier molecular flexibility index (Phi) is 4.33. The molecule has 1 heterocycles. The van der Waals surface area contributed by atoms with Gasteiger partial charge in [-0.1, -0.05) is 30.3 Å². The molecule has 0 fully saturated rings. The summed E-state index contributed by atoms with van der Waals surface area (Å²) >= 11 is 0. The SMILES string of the molecule is CCOc1ccc2[nH]c(C(=O)NC(C)c3ccccc3)cc2c1. The number of aromatic amines is 1. The maximum Gasteiger partial charge on any atom is 0.268 e. The van der Waals surface area contributed by atoms with Crippen molar-refractivity contribution in [3.05, 3.63) is 65.9 Å². The standard InChI is InChI=1S/C19H20N2O2/c1-3-23-16-9-10-17-15(11-16)12-18(21-17)19(22)20-13(2)14-7-5-4-6-8-14/h4-13,21H,3H2,1-2H3,(H,20,22). The minimum Gasteiger partial charge on any atom is -0.494 e. The number of aromatic nitrogens is 1. The van der Waals surface area contributed by atoms with Crippen LogP contribution in [0.2, 0.25) is 0 Å². The highest BCUT2D eigenvalue weighted by Crippen LogP contribution is 2.22. The van der Waals surface area contributed by atoms with Crippen LogP contribution in [0.4, 0.5) is 0 Å². The van der Waals surface area contributed by atoms with Crippen molar-refractivity contribution in [1.29, 1.82) is 0 Å². The summed E-state index contributed by atoms with van der Waals surface area (Å²) < 4.78 is 5.49. The highest BCUT2D eigenvalue weighted by molar-refractivity contribution is 5.98. The van der Waals surface area contributed by atoms with Crippen molar-refractivity contribution >= 4 is 16.8 Å². The van der Waals surface area contributed by atoms with E-state index in [0.29, 0.717) is 12.3 Å². The zero-order valence-corrected chi connectivity index (χ0v) is 13.3. The number of hydrogen-bond donors (Lipinski definition) is 2. The van der Waals surface area contributed by atoms with E-state index in [1.807, 2.05) is 68.4 Å². The summed E-state index contributed by atoms with van der Waals surface area (Å²) in [4.78, 5) is 15.6. The van der Waals surface area contributed by atoms with Crippen LogP contribution in [0, 0.1) is 0 Å². The van der Waals surface area contributed by atoms with Crippen molar-refractivity contribution in [2.75, 3.05) is 6.61 Å². The minimum atomic E-state index is -0.115. The van der Waals surface area contributed by atoms with Crippen molar-refractivity contribution in [3.8, 4) is 5.75 Å². The Morgan fingerprint density at radius 1 is 1.17 bits per heavy atom. The summed E-state index contributed by atoms with van der Waals surface area (Å²) in [6, 6.07) is 17.5. The predicted molar refractivity (Wildman–Crippen MR) is 91.8 cm³/mol. The van der Waals surface area contributed by atoms with Crippen molar-refractivity contribution in [1.82, 2.24) is 10.3 Å². The van der Waals surface area contributed by atoms with Gasteiger partial charge in [0.05, 0.1) is 12.6 Å². The van der Waals surface area contributed by atoms with E-state index in [9.17, 15) is 4.79 Å². The van der Waals surface area contributed by atoms with Gasteiger partial charge in [-0.3, -0.25) is 4.79 Å². The molecule has 0 bridgehead atoms. The molecule has 2 aromatic carbocycles. The molecule has 1 aromatic heterocycles. The van der Waals surface area contributed by atoms with Gasteiger partial charge in [-0.05, 0) is 43.7 Å². The number of rotatable bonds is 5. The van der Waals surface area contributed by atoms with Gasteiger partial charge in [0.25, 0.3) is 5.91 Å². The van der Waals surface area contributed by atoms with Crippen LogP contribution >= 0.6 is 0 Å². The van der Waals surface area contributed by atoms with E-state index in [4.69, 9.17) is 4.74 Å². The van der Waals surface area contributed by atoms with Gasteiger partial charge < -0.3 is 15.0 Å². The normalized spacial score (nSPS) is 12.1. The van der Waals surface area contributed by atoms with Crippen LogP contribution in [0.15, 0.2) is 54.6 Å². The van der Waals surface area contributed by atoms with Gasteiger partial charge in [-0.25, -0.2) is 0 Å². The Labute approximate surface area is 135 Å². The van der Waals surface area contributed by atoms with Gasteiger partial charge in [0, 0.05) is 10.9 Å². The maximum absolute atomic E-state index is 12.4. The fraction of sp³-hybridized carbons (Fsp3) is 0.211. The Morgan fingerprint density at radius 3 is 2.70 bits per heavy atom.